The third-order valence-corrected chi connectivity index (χ3v) is 7.75. The zero-order chi connectivity index (χ0) is 25.1. The molecule has 0 spiro atoms. The SMILES string of the molecule is Cc1ccc(-c2c(-c3ccccc3)sc(=NC(=O)C(c3ccccc3)c3ccccc3)n2C)cc1C. The molecule has 0 unspecified atom stereocenters. The van der Waals surface area contributed by atoms with Crippen LogP contribution in [0.5, 0.6) is 0 Å². The normalized spacial score (nSPS) is 11.7. The number of thiazole rings is 1. The van der Waals surface area contributed by atoms with Crippen molar-refractivity contribution in [2.24, 2.45) is 12.0 Å². The van der Waals surface area contributed by atoms with Crippen LogP contribution in [0.4, 0.5) is 0 Å². The highest BCUT2D eigenvalue weighted by molar-refractivity contribution is 7.13. The van der Waals surface area contributed by atoms with Gasteiger partial charge in [0.05, 0.1) is 16.5 Å². The largest absolute Gasteiger partial charge is 0.319 e. The lowest BCUT2D eigenvalue weighted by molar-refractivity contribution is -0.118. The maximum atomic E-state index is 13.8. The predicted molar refractivity (Wildman–Crippen MR) is 149 cm³/mol. The van der Waals surface area contributed by atoms with Crippen LogP contribution in [-0.2, 0) is 11.8 Å². The number of aryl methyl sites for hydroxylation is 2. The molecule has 1 heterocycles. The molecule has 0 aliphatic heterocycles. The number of carbonyl (C=O) groups is 1. The molecule has 0 fully saturated rings. The van der Waals surface area contributed by atoms with E-state index in [4.69, 9.17) is 4.99 Å². The van der Waals surface area contributed by atoms with Gasteiger partial charge >= 0.3 is 0 Å². The van der Waals surface area contributed by atoms with E-state index in [-0.39, 0.29) is 5.91 Å². The summed E-state index contributed by atoms with van der Waals surface area (Å²) in [5.74, 6) is -0.629. The Morgan fingerprint density at radius 1 is 0.722 bits per heavy atom. The van der Waals surface area contributed by atoms with E-state index in [1.54, 1.807) is 11.3 Å². The van der Waals surface area contributed by atoms with Gasteiger partial charge in [-0.3, -0.25) is 4.79 Å². The van der Waals surface area contributed by atoms with Crippen LogP contribution in [0.3, 0.4) is 0 Å². The first kappa shape index (κ1) is 23.7. The third kappa shape index (κ3) is 4.73. The van der Waals surface area contributed by atoms with Crippen LogP contribution in [0.1, 0.15) is 28.2 Å². The average molecular weight is 489 g/mol. The molecule has 0 bridgehead atoms. The molecule has 0 aliphatic rings. The van der Waals surface area contributed by atoms with Crippen molar-refractivity contribution in [2.45, 2.75) is 19.8 Å². The maximum Gasteiger partial charge on any atom is 0.260 e. The van der Waals surface area contributed by atoms with E-state index in [0.29, 0.717) is 4.80 Å². The standard InChI is InChI=1S/C32H28N2OS/c1-22-19-20-27(21-23(22)2)29-30(26-17-11-6-12-18-26)36-32(34(29)3)33-31(35)28(24-13-7-4-8-14-24)25-15-9-5-10-16-25/h4-21,28H,1-3H3. The predicted octanol–water partition coefficient (Wildman–Crippen LogP) is 7.30. The fraction of sp³-hybridized carbons (Fsp3) is 0.125. The Balaban J connectivity index is 1.69. The van der Waals surface area contributed by atoms with Crippen LogP contribution >= 0.6 is 11.3 Å². The molecule has 5 aromatic rings. The van der Waals surface area contributed by atoms with Crippen molar-refractivity contribution in [3.63, 3.8) is 0 Å². The van der Waals surface area contributed by atoms with Crippen LogP contribution < -0.4 is 4.80 Å². The van der Waals surface area contributed by atoms with Crippen LogP contribution in [0.2, 0.25) is 0 Å². The van der Waals surface area contributed by atoms with Gasteiger partial charge in [-0.05, 0) is 53.3 Å². The highest BCUT2D eigenvalue weighted by atomic mass is 32.1. The first-order chi connectivity index (χ1) is 17.5. The molecule has 0 N–H and O–H groups in total. The monoisotopic (exact) mass is 488 g/mol. The van der Waals surface area contributed by atoms with Crippen molar-refractivity contribution in [1.29, 1.82) is 0 Å². The molecule has 0 aliphatic carbocycles. The number of carbonyl (C=O) groups excluding carboxylic acids is 1. The van der Waals surface area contributed by atoms with Crippen LogP contribution in [0, 0.1) is 13.8 Å². The Labute approximate surface area is 216 Å². The van der Waals surface area contributed by atoms with E-state index < -0.39 is 5.92 Å². The summed E-state index contributed by atoms with van der Waals surface area (Å²) in [5, 5.41) is 0. The van der Waals surface area contributed by atoms with Gasteiger partial charge < -0.3 is 4.57 Å². The van der Waals surface area contributed by atoms with Crippen molar-refractivity contribution in [1.82, 2.24) is 4.57 Å². The van der Waals surface area contributed by atoms with Gasteiger partial charge in [0, 0.05) is 7.05 Å². The number of amides is 1. The Morgan fingerprint density at radius 3 is 1.83 bits per heavy atom. The Morgan fingerprint density at radius 2 is 1.28 bits per heavy atom. The summed E-state index contributed by atoms with van der Waals surface area (Å²) in [6.07, 6.45) is 0. The lowest BCUT2D eigenvalue weighted by Gasteiger charge is -2.14. The second-order valence-electron chi connectivity index (χ2n) is 8.99. The van der Waals surface area contributed by atoms with Gasteiger partial charge in [-0.25, -0.2) is 0 Å². The molecular weight excluding hydrogens is 460 g/mol. The van der Waals surface area contributed by atoms with Crippen molar-refractivity contribution in [3.8, 4) is 21.7 Å². The molecule has 4 aromatic carbocycles. The van der Waals surface area contributed by atoms with E-state index in [2.05, 4.69) is 48.7 Å². The average Bonchev–Trinajstić information content (AvgIpc) is 3.23. The second kappa shape index (κ2) is 10.3. The number of rotatable bonds is 5. The molecule has 0 saturated carbocycles. The topological polar surface area (TPSA) is 34.4 Å². The summed E-state index contributed by atoms with van der Waals surface area (Å²) in [5.41, 5.74) is 7.67. The number of nitrogens with zero attached hydrogens (tertiary/aromatic N) is 2. The van der Waals surface area contributed by atoms with Crippen molar-refractivity contribution < 1.29 is 4.79 Å². The minimum atomic E-state index is -0.459. The lowest BCUT2D eigenvalue weighted by atomic mass is 9.91. The van der Waals surface area contributed by atoms with E-state index in [1.165, 1.54) is 11.1 Å². The maximum absolute atomic E-state index is 13.8. The van der Waals surface area contributed by atoms with Crippen LogP contribution in [0.25, 0.3) is 21.7 Å². The van der Waals surface area contributed by atoms with E-state index in [9.17, 15) is 4.79 Å². The number of hydrogen-bond donors (Lipinski definition) is 0. The summed E-state index contributed by atoms with van der Waals surface area (Å²) in [6, 6.07) is 36.6. The number of hydrogen-bond acceptors (Lipinski definition) is 2. The zero-order valence-corrected chi connectivity index (χ0v) is 21.5. The number of benzene rings is 4. The lowest BCUT2D eigenvalue weighted by Crippen LogP contribution is -2.19. The number of aromatic nitrogens is 1. The first-order valence-electron chi connectivity index (χ1n) is 12.0. The quantitative estimate of drug-likeness (QED) is 0.256. The molecule has 0 atom stereocenters. The van der Waals surface area contributed by atoms with Gasteiger partial charge in [0.1, 0.15) is 0 Å². The first-order valence-corrected chi connectivity index (χ1v) is 12.9. The van der Waals surface area contributed by atoms with Gasteiger partial charge in [0.2, 0.25) is 0 Å². The Hall–Kier alpha value is -4.02. The molecule has 3 nitrogen and oxygen atoms in total. The van der Waals surface area contributed by atoms with Gasteiger partial charge in [0.25, 0.3) is 5.91 Å². The molecule has 178 valence electrons. The summed E-state index contributed by atoms with van der Waals surface area (Å²) in [7, 11) is 2.00. The molecule has 4 heteroatoms. The van der Waals surface area contributed by atoms with Crippen molar-refractivity contribution in [3.05, 3.63) is 136 Å². The fourth-order valence-corrected chi connectivity index (χ4v) is 5.63. The summed E-state index contributed by atoms with van der Waals surface area (Å²) < 4.78 is 2.06. The molecule has 5 rings (SSSR count). The smallest absolute Gasteiger partial charge is 0.260 e. The highest BCUT2D eigenvalue weighted by Crippen LogP contribution is 2.35. The molecule has 0 saturated heterocycles. The third-order valence-electron chi connectivity index (χ3n) is 6.57. The van der Waals surface area contributed by atoms with Gasteiger partial charge in [-0.1, -0.05) is 114 Å². The summed E-state index contributed by atoms with van der Waals surface area (Å²) >= 11 is 1.56. The zero-order valence-electron chi connectivity index (χ0n) is 20.7. The Bertz CT molecular complexity index is 1530. The van der Waals surface area contributed by atoms with Crippen molar-refractivity contribution >= 4 is 17.2 Å². The molecular formula is C32H28N2OS. The van der Waals surface area contributed by atoms with Crippen LogP contribution in [0.15, 0.2) is 114 Å². The molecule has 1 aromatic heterocycles. The molecule has 1 amide bonds. The fourth-order valence-electron chi connectivity index (χ4n) is 4.48. The van der Waals surface area contributed by atoms with E-state index >= 15 is 0 Å². The van der Waals surface area contributed by atoms with Crippen LogP contribution in [-0.4, -0.2) is 10.5 Å². The minimum absolute atomic E-state index is 0.171. The van der Waals surface area contributed by atoms with E-state index in [1.807, 2.05) is 85.9 Å². The van der Waals surface area contributed by atoms with Gasteiger partial charge in [-0.2, -0.15) is 4.99 Å². The van der Waals surface area contributed by atoms with E-state index in [0.717, 1.165) is 32.8 Å². The summed E-state index contributed by atoms with van der Waals surface area (Å²) in [6.45, 7) is 4.25. The minimum Gasteiger partial charge on any atom is -0.319 e. The molecule has 36 heavy (non-hydrogen) atoms. The van der Waals surface area contributed by atoms with Crippen molar-refractivity contribution in [2.75, 3.05) is 0 Å². The van der Waals surface area contributed by atoms with Gasteiger partial charge in [-0.15, -0.1) is 0 Å². The highest BCUT2D eigenvalue weighted by Gasteiger charge is 2.23. The Kier molecular flexibility index (Phi) is 6.79. The molecule has 0 radical (unpaired) electrons. The van der Waals surface area contributed by atoms with Gasteiger partial charge in [0.15, 0.2) is 4.80 Å². The second-order valence-corrected chi connectivity index (χ2v) is 9.97. The summed E-state index contributed by atoms with van der Waals surface area (Å²) in [4.78, 5) is 20.3.